The van der Waals surface area contributed by atoms with Crippen LogP contribution in [0, 0.1) is 5.92 Å². The Kier molecular flexibility index (Phi) is 11.0. The monoisotopic (exact) mass is 558 g/mol. The van der Waals surface area contributed by atoms with Crippen molar-refractivity contribution in [3.63, 3.8) is 0 Å². The zero-order chi connectivity index (χ0) is 28.4. The van der Waals surface area contributed by atoms with E-state index in [0.717, 1.165) is 28.9 Å². The maximum Gasteiger partial charge on any atom is 0.335 e. The van der Waals surface area contributed by atoms with Gasteiger partial charge < -0.3 is 25.3 Å². The van der Waals surface area contributed by atoms with Crippen LogP contribution in [0.2, 0.25) is 5.02 Å². The van der Waals surface area contributed by atoms with Gasteiger partial charge in [-0.3, -0.25) is 9.69 Å². The number of methoxy groups -OCH3 is 1. The maximum atomic E-state index is 13.7. The quantitative estimate of drug-likeness (QED) is 0.343. The number of nitrogens with one attached hydrogen (secondary N) is 2. The number of halogens is 1. The number of benzene rings is 2. The molecule has 2 atom stereocenters. The number of amides is 3. The van der Waals surface area contributed by atoms with Crippen molar-refractivity contribution in [2.24, 2.45) is 11.1 Å². The highest BCUT2D eigenvalue weighted by Crippen LogP contribution is 2.27. The molecule has 1 heterocycles. The number of nitrogens with zero attached hydrogens (tertiary/aromatic N) is 2. The summed E-state index contributed by atoms with van der Waals surface area (Å²) in [5.74, 6) is -1.06. The standard InChI is InChI=1S/C28H35ClN4O6/c1-4-6-7-23(18-8-10-19(11-9-18)27(35)36)31-28(37)33-17-25(32-39-5-2)30-16-21(26(33)34)14-20-15-22(29)12-13-24(20)38-3/h8-13,15,21,23H,4-7,14,16-17H2,1-3H3,(H,30,32)(H,31,37)(H,35,36)/t21-,23+/m0/s1. The van der Waals surface area contributed by atoms with Gasteiger partial charge in [0.05, 0.1) is 31.2 Å². The Hall–Kier alpha value is -3.79. The summed E-state index contributed by atoms with van der Waals surface area (Å²) in [4.78, 5) is 45.0. The van der Waals surface area contributed by atoms with Crippen molar-refractivity contribution in [2.45, 2.75) is 45.6 Å². The highest BCUT2D eigenvalue weighted by molar-refractivity contribution is 6.30. The van der Waals surface area contributed by atoms with Gasteiger partial charge in [0.1, 0.15) is 12.4 Å². The minimum absolute atomic E-state index is 0.0910. The second kappa shape index (κ2) is 14.4. The molecule has 0 unspecified atom stereocenters. The molecule has 3 amide bonds. The minimum Gasteiger partial charge on any atom is -0.496 e. The number of imide groups is 1. The zero-order valence-corrected chi connectivity index (χ0v) is 23.2. The number of carboxylic acid groups (broad SMARTS) is 1. The van der Waals surface area contributed by atoms with Crippen molar-refractivity contribution in [2.75, 3.05) is 26.8 Å². The Morgan fingerprint density at radius 3 is 2.62 bits per heavy atom. The summed E-state index contributed by atoms with van der Waals surface area (Å²) in [5, 5.41) is 19.9. The first kappa shape index (κ1) is 29.8. The molecule has 1 fully saturated rings. The smallest absolute Gasteiger partial charge is 0.335 e. The summed E-state index contributed by atoms with van der Waals surface area (Å²) in [7, 11) is 1.55. The highest BCUT2D eigenvalue weighted by Gasteiger charge is 2.35. The van der Waals surface area contributed by atoms with Crippen LogP contribution in [0.3, 0.4) is 0 Å². The van der Waals surface area contributed by atoms with Crippen LogP contribution >= 0.6 is 11.6 Å². The number of hydrogen-bond donors (Lipinski definition) is 3. The van der Waals surface area contributed by atoms with E-state index >= 15 is 0 Å². The average molecular weight is 559 g/mol. The average Bonchev–Trinajstić information content (AvgIpc) is 3.08. The molecule has 1 aliphatic rings. The van der Waals surface area contributed by atoms with Crippen molar-refractivity contribution < 1.29 is 29.1 Å². The number of carbonyl (C=O) groups is 3. The molecule has 210 valence electrons. The van der Waals surface area contributed by atoms with Crippen molar-refractivity contribution in [3.8, 4) is 5.75 Å². The lowest BCUT2D eigenvalue weighted by Crippen LogP contribution is -2.48. The summed E-state index contributed by atoms with van der Waals surface area (Å²) in [6.07, 6.45) is 2.64. The molecule has 2 aromatic rings. The third-order valence-electron chi connectivity index (χ3n) is 6.44. The van der Waals surface area contributed by atoms with Crippen LogP contribution in [-0.2, 0) is 16.1 Å². The van der Waals surface area contributed by atoms with E-state index in [1.807, 2.05) is 6.92 Å². The molecule has 0 spiro atoms. The summed E-state index contributed by atoms with van der Waals surface area (Å²) < 4.78 is 5.46. The molecular formula is C28H35ClN4O6. The van der Waals surface area contributed by atoms with E-state index in [9.17, 15) is 19.5 Å². The summed E-state index contributed by atoms with van der Waals surface area (Å²) >= 11 is 6.20. The first-order chi connectivity index (χ1) is 18.8. The predicted molar refractivity (Wildman–Crippen MR) is 148 cm³/mol. The number of unbranched alkanes of at least 4 members (excludes halogenated alkanes) is 1. The van der Waals surface area contributed by atoms with Gasteiger partial charge in [0, 0.05) is 11.6 Å². The van der Waals surface area contributed by atoms with Crippen LogP contribution in [0.4, 0.5) is 4.79 Å². The van der Waals surface area contributed by atoms with E-state index in [-0.39, 0.29) is 31.0 Å². The van der Waals surface area contributed by atoms with Gasteiger partial charge in [-0.05, 0) is 61.2 Å². The number of amidine groups is 1. The molecule has 10 nitrogen and oxygen atoms in total. The fourth-order valence-electron chi connectivity index (χ4n) is 4.35. The number of carbonyl (C=O) groups excluding carboxylic acids is 2. The fraction of sp³-hybridized carbons (Fsp3) is 0.429. The van der Waals surface area contributed by atoms with Gasteiger partial charge in [-0.15, -0.1) is 0 Å². The van der Waals surface area contributed by atoms with E-state index in [1.165, 1.54) is 12.1 Å². The molecule has 0 radical (unpaired) electrons. The molecular weight excluding hydrogens is 524 g/mol. The van der Waals surface area contributed by atoms with Crippen LogP contribution in [0.1, 0.15) is 60.6 Å². The van der Waals surface area contributed by atoms with Crippen molar-refractivity contribution in [1.29, 1.82) is 0 Å². The number of rotatable bonds is 11. The van der Waals surface area contributed by atoms with Gasteiger partial charge in [-0.25, -0.2) is 9.59 Å². The van der Waals surface area contributed by atoms with Gasteiger partial charge in [0.25, 0.3) is 0 Å². The van der Waals surface area contributed by atoms with Gasteiger partial charge in [-0.1, -0.05) is 48.7 Å². The molecule has 2 aromatic carbocycles. The predicted octanol–water partition coefficient (Wildman–Crippen LogP) is 4.63. The Labute approximate surface area is 233 Å². The van der Waals surface area contributed by atoms with Gasteiger partial charge in [0.2, 0.25) is 5.91 Å². The highest BCUT2D eigenvalue weighted by atomic mass is 35.5. The molecule has 1 saturated heterocycles. The molecule has 1 aliphatic heterocycles. The van der Waals surface area contributed by atoms with Gasteiger partial charge in [-0.2, -0.15) is 0 Å². The van der Waals surface area contributed by atoms with E-state index in [0.29, 0.717) is 29.6 Å². The van der Waals surface area contributed by atoms with Crippen molar-refractivity contribution >= 4 is 35.3 Å². The van der Waals surface area contributed by atoms with E-state index in [2.05, 4.69) is 15.8 Å². The maximum absolute atomic E-state index is 13.7. The number of urea groups is 1. The van der Waals surface area contributed by atoms with Crippen molar-refractivity contribution in [1.82, 2.24) is 15.5 Å². The number of carboxylic acids is 1. The number of hydrogen-bond acceptors (Lipinski definition) is 6. The lowest BCUT2D eigenvalue weighted by Gasteiger charge is -2.26. The minimum atomic E-state index is -1.03. The number of ether oxygens (including phenoxy) is 1. The Balaban J connectivity index is 1.88. The topological polar surface area (TPSA) is 130 Å². The number of aromatic carboxylic acids is 1. The van der Waals surface area contributed by atoms with E-state index < -0.39 is 24.0 Å². The first-order valence-electron chi connectivity index (χ1n) is 13.0. The Bertz CT molecular complexity index is 1190. The molecule has 3 N–H and O–H groups in total. The van der Waals surface area contributed by atoms with Crippen LogP contribution < -0.4 is 15.4 Å². The SMILES string of the molecule is CCCC[C@@H](NC(=O)N1C/C(=N/OCC)NC[C@H](Cc2cc(Cl)ccc2OC)C1=O)c1ccc(C(=O)O)cc1. The molecule has 39 heavy (non-hydrogen) atoms. The first-order valence-corrected chi connectivity index (χ1v) is 13.3. The summed E-state index contributed by atoms with van der Waals surface area (Å²) in [6.45, 7) is 4.31. The zero-order valence-electron chi connectivity index (χ0n) is 22.4. The molecule has 3 rings (SSSR count). The Morgan fingerprint density at radius 1 is 1.23 bits per heavy atom. The third kappa shape index (κ3) is 8.10. The second-order valence-corrected chi connectivity index (χ2v) is 9.63. The summed E-state index contributed by atoms with van der Waals surface area (Å²) in [5.41, 5.74) is 1.66. The Morgan fingerprint density at radius 2 is 1.97 bits per heavy atom. The van der Waals surface area contributed by atoms with E-state index in [1.54, 1.807) is 44.4 Å². The van der Waals surface area contributed by atoms with Crippen LogP contribution in [-0.4, -0.2) is 60.6 Å². The lowest BCUT2D eigenvalue weighted by molar-refractivity contribution is -0.131. The molecule has 0 aliphatic carbocycles. The summed E-state index contributed by atoms with van der Waals surface area (Å²) in [6, 6.07) is 10.6. The molecule has 0 saturated carbocycles. The van der Waals surface area contributed by atoms with Crippen LogP contribution in [0.5, 0.6) is 5.75 Å². The molecule has 0 bridgehead atoms. The third-order valence-corrected chi connectivity index (χ3v) is 6.67. The molecule has 0 aromatic heterocycles. The normalized spacial score (nSPS) is 17.2. The van der Waals surface area contributed by atoms with E-state index in [4.69, 9.17) is 21.2 Å². The van der Waals surface area contributed by atoms with Gasteiger partial charge >= 0.3 is 12.0 Å². The number of oxime groups is 1. The van der Waals surface area contributed by atoms with Gasteiger partial charge in [0.15, 0.2) is 5.84 Å². The second-order valence-electron chi connectivity index (χ2n) is 9.19. The fourth-order valence-corrected chi connectivity index (χ4v) is 4.55. The molecule has 11 heteroatoms. The lowest BCUT2D eigenvalue weighted by atomic mass is 9.97. The largest absolute Gasteiger partial charge is 0.496 e. The van der Waals surface area contributed by atoms with Crippen LogP contribution in [0.25, 0.3) is 0 Å². The van der Waals surface area contributed by atoms with Crippen molar-refractivity contribution in [3.05, 3.63) is 64.2 Å². The van der Waals surface area contributed by atoms with Crippen LogP contribution in [0.15, 0.2) is 47.6 Å².